The molecule has 1 N–H and O–H groups in total. The lowest BCUT2D eigenvalue weighted by molar-refractivity contribution is -0.143. The van der Waals surface area contributed by atoms with Crippen LogP contribution in [-0.4, -0.2) is 49.7 Å². The molecule has 27 heavy (non-hydrogen) atoms. The molecule has 1 unspecified atom stereocenters. The summed E-state index contributed by atoms with van der Waals surface area (Å²) in [5, 5.41) is 14.7. The molecule has 7 nitrogen and oxygen atoms in total. The van der Waals surface area contributed by atoms with Crippen LogP contribution in [0.3, 0.4) is 0 Å². The van der Waals surface area contributed by atoms with Gasteiger partial charge in [-0.25, -0.2) is 9.67 Å². The number of carbonyl (C=O) groups is 2. The van der Waals surface area contributed by atoms with Crippen molar-refractivity contribution < 1.29 is 14.7 Å². The number of piperidine rings is 1. The molecule has 1 fully saturated rings. The van der Waals surface area contributed by atoms with Crippen LogP contribution < -0.4 is 0 Å². The number of nitrogens with zero attached hydrogens (tertiary/aromatic N) is 4. The standard InChI is InChI=1S/C20H20N4O3/c1-13-16-9-10-17(19(25)23-11-5-6-14(12-23)20(26)27)21-18(16)24(22-13)15-7-3-2-4-8-15/h2-4,7-10,14H,5-6,11-12H2,1H3,(H,26,27). The minimum Gasteiger partial charge on any atom is -0.481 e. The maximum Gasteiger partial charge on any atom is 0.308 e. The summed E-state index contributed by atoms with van der Waals surface area (Å²) in [5.74, 6) is -1.60. The van der Waals surface area contributed by atoms with Gasteiger partial charge in [0.2, 0.25) is 0 Å². The number of hydrogen-bond acceptors (Lipinski definition) is 4. The van der Waals surface area contributed by atoms with Crippen LogP contribution in [0.5, 0.6) is 0 Å². The van der Waals surface area contributed by atoms with Crippen molar-refractivity contribution >= 4 is 22.9 Å². The van der Waals surface area contributed by atoms with E-state index in [-0.39, 0.29) is 12.5 Å². The number of aliphatic carboxylic acids is 1. The zero-order chi connectivity index (χ0) is 19.0. The number of fused-ring (bicyclic) bond motifs is 1. The molecule has 3 heterocycles. The first-order chi connectivity index (χ1) is 13.0. The average Bonchev–Trinajstić information content (AvgIpc) is 3.04. The van der Waals surface area contributed by atoms with Gasteiger partial charge >= 0.3 is 5.97 Å². The molecule has 0 aliphatic carbocycles. The Balaban J connectivity index is 1.71. The Kier molecular flexibility index (Phi) is 4.35. The van der Waals surface area contributed by atoms with Crippen LogP contribution in [0.4, 0.5) is 0 Å². The van der Waals surface area contributed by atoms with Gasteiger partial charge in [0.15, 0.2) is 5.65 Å². The summed E-state index contributed by atoms with van der Waals surface area (Å²) in [6.07, 6.45) is 1.29. The first-order valence-electron chi connectivity index (χ1n) is 8.98. The van der Waals surface area contributed by atoms with Crippen LogP contribution in [0.25, 0.3) is 16.7 Å². The number of likely N-dealkylation sites (tertiary alicyclic amines) is 1. The van der Waals surface area contributed by atoms with Gasteiger partial charge in [0, 0.05) is 18.5 Å². The SMILES string of the molecule is Cc1nn(-c2ccccc2)c2nc(C(=O)N3CCCC(C(=O)O)C3)ccc12. The monoisotopic (exact) mass is 364 g/mol. The molecule has 138 valence electrons. The molecule has 0 bridgehead atoms. The third kappa shape index (κ3) is 3.16. The van der Waals surface area contributed by atoms with Crippen molar-refractivity contribution in [3.05, 3.63) is 53.9 Å². The molecule has 0 radical (unpaired) electrons. The maximum atomic E-state index is 12.9. The zero-order valence-corrected chi connectivity index (χ0v) is 15.0. The van der Waals surface area contributed by atoms with Crippen molar-refractivity contribution in [1.29, 1.82) is 0 Å². The van der Waals surface area contributed by atoms with E-state index in [0.717, 1.165) is 16.8 Å². The van der Waals surface area contributed by atoms with Crippen molar-refractivity contribution in [2.45, 2.75) is 19.8 Å². The lowest BCUT2D eigenvalue weighted by Crippen LogP contribution is -2.42. The number of aromatic nitrogens is 3. The smallest absolute Gasteiger partial charge is 0.308 e. The molecular formula is C20H20N4O3. The van der Waals surface area contributed by atoms with Crippen molar-refractivity contribution in [3.8, 4) is 5.69 Å². The van der Waals surface area contributed by atoms with Crippen LogP contribution in [0.2, 0.25) is 0 Å². The van der Waals surface area contributed by atoms with Gasteiger partial charge in [-0.3, -0.25) is 9.59 Å². The quantitative estimate of drug-likeness (QED) is 0.772. The lowest BCUT2D eigenvalue weighted by Gasteiger charge is -2.30. The normalized spacial score (nSPS) is 17.2. The van der Waals surface area contributed by atoms with E-state index in [1.54, 1.807) is 15.6 Å². The summed E-state index contributed by atoms with van der Waals surface area (Å²) < 4.78 is 1.73. The number of para-hydroxylation sites is 1. The molecular weight excluding hydrogens is 344 g/mol. The van der Waals surface area contributed by atoms with E-state index in [1.807, 2.05) is 43.3 Å². The second kappa shape index (κ2) is 6.83. The number of amides is 1. The molecule has 1 amide bonds. The van der Waals surface area contributed by atoms with Gasteiger partial charge in [-0.05, 0) is 44.0 Å². The highest BCUT2D eigenvalue weighted by molar-refractivity contribution is 5.95. The van der Waals surface area contributed by atoms with Gasteiger partial charge < -0.3 is 10.0 Å². The first kappa shape index (κ1) is 17.2. The highest BCUT2D eigenvalue weighted by atomic mass is 16.4. The molecule has 1 aliphatic heterocycles. The second-order valence-corrected chi connectivity index (χ2v) is 6.83. The Morgan fingerprint density at radius 2 is 1.93 bits per heavy atom. The molecule has 2 aromatic heterocycles. The lowest BCUT2D eigenvalue weighted by atomic mass is 9.98. The predicted octanol–water partition coefficient (Wildman–Crippen LogP) is 2.67. The van der Waals surface area contributed by atoms with Crippen molar-refractivity contribution in [2.24, 2.45) is 5.92 Å². The Hall–Kier alpha value is -3.22. The Labute approximate surface area is 156 Å². The maximum absolute atomic E-state index is 12.9. The molecule has 7 heteroatoms. The first-order valence-corrected chi connectivity index (χ1v) is 8.98. The van der Waals surface area contributed by atoms with E-state index in [9.17, 15) is 14.7 Å². The largest absolute Gasteiger partial charge is 0.481 e. The Morgan fingerprint density at radius 3 is 2.67 bits per heavy atom. The summed E-state index contributed by atoms with van der Waals surface area (Å²) in [6, 6.07) is 13.2. The van der Waals surface area contributed by atoms with Crippen LogP contribution in [-0.2, 0) is 4.79 Å². The number of carboxylic acids is 1. The molecule has 1 atom stereocenters. The van der Waals surface area contributed by atoms with Gasteiger partial charge in [-0.15, -0.1) is 0 Å². The summed E-state index contributed by atoms with van der Waals surface area (Å²) in [6.45, 7) is 2.69. The van der Waals surface area contributed by atoms with E-state index in [4.69, 9.17) is 0 Å². The number of carbonyl (C=O) groups excluding carboxylic acids is 1. The van der Waals surface area contributed by atoms with Gasteiger partial charge in [0.1, 0.15) is 5.69 Å². The second-order valence-electron chi connectivity index (χ2n) is 6.83. The predicted molar refractivity (Wildman–Crippen MR) is 99.9 cm³/mol. The summed E-state index contributed by atoms with van der Waals surface area (Å²) >= 11 is 0. The van der Waals surface area contributed by atoms with E-state index >= 15 is 0 Å². The summed E-state index contributed by atoms with van der Waals surface area (Å²) in [5.41, 5.74) is 2.64. The van der Waals surface area contributed by atoms with Gasteiger partial charge in [-0.1, -0.05) is 18.2 Å². The fraction of sp³-hybridized carbons (Fsp3) is 0.300. The van der Waals surface area contributed by atoms with Crippen molar-refractivity contribution in [3.63, 3.8) is 0 Å². The third-order valence-electron chi connectivity index (χ3n) is 4.99. The molecule has 4 rings (SSSR count). The summed E-state index contributed by atoms with van der Waals surface area (Å²) in [7, 11) is 0. The van der Waals surface area contributed by atoms with E-state index < -0.39 is 11.9 Å². The Bertz CT molecular complexity index is 1010. The van der Waals surface area contributed by atoms with Crippen LogP contribution in [0.1, 0.15) is 29.0 Å². The number of carboxylic acid groups (broad SMARTS) is 1. The fourth-order valence-electron chi connectivity index (χ4n) is 3.54. The van der Waals surface area contributed by atoms with E-state index in [2.05, 4.69) is 10.1 Å². The fourth-order valence-corrected chi connectivity index (χ4v) is 3.54. The highest BCUT2D eigenvalue weighted by Gasteiger charge is 2.29. The van der Waals surface area contributed by atoms with Crippen LogP contribution >= 0.6 is 0 Å². The Morgan fingerprint density at radius 1 is 1.15 bits per heavy atom. The van der Waals surface area contributed by atoms with E-state index in [0.29, 0.717) is 30.7 Å². The minimum absolute atomic E-state index is 0.227. The molecule has 1 aromatic carbocycles. The number of pyridine rings is 1. The third-order valence-corrected chi connectivity index (χ3v) is 4.99. The van der Waals surface area contributed by atoms with Crippen LogP contribution in [0.15, 0.2) is 42.5 Å². The van der Waals surface area contributed by atoms with E-state index in [1.165, 1.54) is 0 Å². The number of aryl methyl sites for hydroxylation is 1. The topological polar surface area (TPSA) is 88.3 Å². The molecule has 1 saturated heterocycles. The average molecular weight is 364 g/mol. The highest BCUT2D eigenvalue weighted by Crippen LogP contribution is 2.23. The summed E-state index contributed by atoms with van der Waals surface area (Å²) in [4.78, 5) is 30.3. The molecule has 0 saturated carbocycles. The number of benzene rings is 1. The number of rotatable bonds is 3. The van der Waals surface area contributed by atoms with Gasteiger partial charge in [0.25, 0.3) is 5.91 Å². The van der Waals surface area contributed by atoms with Crippen molar-refractivity contribution in [2.75, 3.05) is 13.1 Å². The van der Waals surface area contributed by atoms with Gasteiger partial charge in [0.05, 0.1) is 17.3 Å². The minimum atomic E-state index is -0.853. The van der Waals surface area contributed by atoms with Crippen molar-refractivity contribution in [1.82, 2.24) is 19.7 Å². The molecule has 0 spiro atoms. The number of hydrogen-bond donors (Lipinski definition) is 1. The van der Waals surface area contributed by atoms with Crippen LogP contribution in [0, 0.1) is 12.8 Å². The molecule has 1 aliphatic rings. The zero-order valence-electron chi connectivity index (χ0n) is 15.0. The van der Waals surface area contributed by atoms with Gasteiger partial charge in [-0.2, -0.15) is 5.10 Å². The molecule has 3 aromatic rings.